The van der Waals surface area contributed by atoms with Crippen LogP contribution in [0.5, 0.6) is 0 Å². The summed E-state index contributed by atoms with van der Waals surface area (Å²) in [7, 11) is 0. The van der Waals surface area contributed by atoms with Gasteiger partial charge in [0.25, 0.3) is 0 Å². The topological polar surface area (TPSA) is 29.3 Å². The Morgan fingerprint density at radius 3 is 2.11 bits per heavy atom. The zero-order valence-electron chi connectivity index (χ0n) is 12.3. The summed E-state index contributed by atoms with van der Waals surface area (Å²) in [6.45, 7) is 10.8. The summed E-state index contributed by atoms with van der Waals surface area (Å²) >= 11 is 0. The molecule has 0 bridgehead atoms. The molecule has 0 aliphatic heterocycles. The van der Waals surface area contributed by atoms with E-state index in [1.807, 2.05) is 0 Å². The van der Waals surface area contributed by atoms with Gasteiger partial charge in [0.2, 0.25) is 0 Å². The minimum atomic E-state index is -0.0565. The van der Waals surface area contributed by atoms with Gasteiger partial charge < -0.3 is 5.73 Å². The van der Waals surface area contributed by atoms with Crippen molar-refractivity contribution in [2.45, 2.75) is 58.7 Å². The summed E-state index contributed by atoms with van der Waals surface area (Å²) in [5.74, 6) is 0. The molecule has 2 heteroatoms. The summed E-state index contributed by atoms with van der Waals surface area (Å²) in [6, 6.07) is 11.2. The summed E-state index contributed by atoms with van der Waals surface area (Å²) < 4.78 is 0. The summed E-state index contributed by atoms with van der Waals surface area (Å²) in [5.41, 5.74) is 7.75. The maximum atomic E-state index is 6.45. The fourth-order valence-electron chi connectivity index (χ4n) is 2.12. The van der Waals surface area contributed by atoms with Crippen LogP contribution in [0.3, 0.4) is 0 Å². The Bertz CT molecular complexity index is 328. The third kappa shape index (κ3) is 4.43. The average molecular weight is 248 g/mol. The Hall–Kier alpha value is -0.860. The largest absolute Gasteiger partial charge is 0.324 e. The van der Waals surface area contributed by atoms with Gasteiger partial charge in [-0.2, -0.15) is 0 Å². The molecule has 0 aliphatic carbocycles. The quantitative estimate of drug-likeness (QED) is 0.801. The molecule has 102 valence electrons. The molecule has 0 amide bonds. The highest BCUT2D eigenvalue weighted by Crippen LogP contribution is 2.17. The minimum Gasteiger partial charge on any atom is -0.324 e. The summed E-state index contributed by atoms with van der Waals surface area (Å²) in [5, 5.41) is 0. The Labute approximate surface area is 112 Å². The first-order valence-electron chi connectivity index (χ1n) is 7.07. The second-order valence-corrected chi connectivity index (χ2v) is 5.55. The molecular formula is C16H28N2. The van der Waals surface area contributed by atoms with Crippen LogP contribution >= 0.6 is 0 Å². The highest BCUT2D eigenvalue weighted by atomic mass is 15.2. The van der Waals surface area contributed by atoms with Gasteiger partial charge >= 0.3 is 0 Å². The van der Waals surface area contributed by atoms with Crippen molar-refractivity contribution in [2.24, 2.45) is 5.73 Å². The molecule has 0 unspecified atom stereocenters. The predicted molar refractivity (Wildman–Crippen MR) is 79.5 cm³/mol. The van der Waals surface area contributed by atoms with Crippen molar-refractivity contribution in [3.63, 3.8) is 0 Å². The molecule has 18 heavy (non-hydrogen) atoms. The lowest BCUT2D eigenvalue weighted by molar-refractivity contribution is 0.155. The minimum absolute atomic E-state index is 0.0565. The Kier molecular flexibility index (Phi) is 5.83. The highest BCUT2D eigenvalue weighted by Gasteiger charge is 2.25. The van der Waals surface area contributed by atoms with E-state index in [2.05, 4.69) is 62.9 Å². The lowest BCUT2D eigenvalue weighted by Gasteiger charge is -2.36. The molecule has 0 saturated carbocycles. The van der Waals surface area contributed by atoms with Crippen LogP contribution in [0.15, 0.2) is 30.3 Å². The van der Waals surface area contributed by atoms with Crippen molar-refractivity contribution < 1.29 is 0 Å². The van der Waals surface area contributed by atoms with Gasteiger partial charge in [0.05, 0.1) is 0 Å². The molecule has 2 nitrogen and oxygen atoms in total. The molecular weight excluding hydrogens is 220 g/mol. The van der Waals surface area contributed by atoms with Gasteiger partial charge in [-0.3, -0.25) is 4.90 Å². The smallest absolute Gasteiger partial charge is 0.0278 e. The van der Waals surface area contributed by atoms with Gasteiger partial charge in [-0.25, -0.2) is 0 Å². The van der Waals surface area contributed by atoms with Crippen LogP contribution < -0.4 is 5.73 Å². The van der Waals surface area contributed by atoms with Crippen LogP contribution in [0.2, 0.25) is 0 Å². The Morgan fingerprint density at radius 2 is 1.67 bits per heavy atom. The van der Waals surface area contributed by atoms with Gasteiger partial charge in [0.15, 0.2) is 0 Å². The Balaban J connectivity index is 2.72. The number of rotatable bonds is 7. The number of benzene rings is 1. The van der Waals surface area contributed by atoms with E-state index in [0.717, 1.165) is 25.9 Å². The van der Waals surface area contributed by atoms with Crippen LogP contribution in [0.4, 0.5) is 0 Å². The molecule has 2 N–H and O–H groups in total. The lowest BCUT2D eigenvalue weighted by Crippen LogP contribution is -2.50. The summed E-state index contributed by atoms with van der Waals surface area (Å²) in [4.78, 5) is 2.47. The van der Waals surface area contributed by atoms with Crippen molar-refractivity contribution in [3.8, 4) is 0 Å². The van der Waals surface area contributed by atoms with E-state index in [4.69, 9.17) is 5.73 Å². The zero-order valence-corrected chi connectivity index (χ0v) is 12.3. The second-order valence-electron chi connectivity index (χ2n) is 5.55. The second kappa shape index (κ2) is 6.91. The van der Waals surface area contributed by atoms with Crippen LogP contribution in [0.1, 0.15) is 46.1 Å². The molecule has 0 heterocycles. The molecule has 0 atom stereocenters. The van der Waals surface area contributed by atoms with Crippen LogP contribution in [-0.2, 0) is 6.54 Å². The lowest BCUT2D eigenvalue weighted by atomic mass is 9.93. The van der Waals surface area contributed by atoms with E-state index in [1.165, 1.54) is 5.56 Å². The van der Waals surface area contributed by atoms with Crippen molar-refractivity contribution in [2.75, 3.05) is 6.54 Å². The van der Waals surface area contributed by atoms with Crippen LogP contribution in [-0.4, -0.2) is 23.0 Å². The summed E-state index contributed by atoms with van der Waals surface area (Å²) in [6.07, 6.45) is 2.06. The highest BCUT2D eigenvalue weighted by molar-refractivity contribution is 5.14. The first-order valence-corrected chi connectivity index (χ1v) is 7.07. The fourth-order valence-corrected chi connectivity index (χ4v) is 2.12. The number of nitrogens with zero attached hydrogens (tertiary/aromatic N) is 1. The van der Waals surface area contributed by atoms with E-state index in [-0.39, 0.29) is 5.54 Å². The number of hydrogen-bond donors (Lipinski definition) is 1. The van der Waals surface area contributed by atoms with Crippen LogP contribution in [0.25, 0.3) is 0 Å². The molecule has 0 fully saturated rings. The van der Waals surface area contributed by atoms with Gasteiger partial charge in [-0.1, -0.05) is 44.2 Å². The monoisotopic (exact) mass is 248 g/mol. The SMILES string of the molecule is CCC(N)(CC)CN(Cc1ccccc1)C(C)C. The first kappa shape index (κ1) is 15.2. The van der Waals surface area contributed by atoms with Crippen molar-refractivity contribution in [3.05, 3.63) is 35.9 Å². The molecule has 1 rings (SSSR count). The number of hydrogen-bond acceptors (Lipinski definition) is 2. The Morgan fingerprint density at radius 1 is 1.11 bits per heavy atom. The fraction of sp³-hybridized carbons (Fsp3) is 0.625. The van der Waals surface area contributed by atoms with Crippen molar-refractivity contribution >= 4 is 0 Å². The maximum absolute atomic E-state index is 6.45. The molecule has 1 aromatic carbocycles. The van der Waals surface area contributed by atoms with E-state index in [0.29, 0.717) is 6.04 Å². The molecule has 0 aromatic heterocycles. The first-order chi connectivity index (χ1) is 8.50. The number of nitrogens with two attached hydrogens (primary N) is 1. The third-order valence-electron chi connectivity index (χ3n) is 3.89. The van der Waals surface area contributed by atoms with Gasteiger partial charge in [-0.15, -0.1) is 0 Å². The van der Waals surface area contributed by atoms with Crippen molar-refractivity contribution in [1.29, 1.82) is 0 Å². The standard InChI is InChI=1S/C16H28N2/c1-5-16(17,6-2)13-18(14(3)4)12-15-10-8-7-9-11-15/h7-11,14H,5-6,12-13,17H2,1-4H3. The molecule has 0 radical (unpaired) electrons. The molecule has 0 aliphatic rings. The molecule has 1 aromatic rings. The van der Waals surface area contributed by atoms with Gasteiger partial charge in [0, 0.05) is 24.7 Å². The van der Waals surface area contributed by atoms with E-state index in [9.17, 15) is 0 Å². The van der Waals surface area contributed by atoms with E-state index in [1.54, 1.807) is 0 Å². The molecule has 0 saturated heterocycles. The van der Waals surface area contributed by atoms with Gasteiger partial charge in [0.1, 0.15) is 0 Å². The molecule has 0 spiro atoms. The van der Waals surface area contributed by atoms with Crippen molar-refractivity contribution in [1.82, 2.24) is 4.90 Å². The van der Waals surface area contributed by atoms with E-state index >= 15 is 0 Å². The normalized spacial score (nSPS) is 12.4. The predicted octanol–water partition coefficient (Wildman–Crippen LogP) is 3.41. The van der Waals surface area contributed by atoms with Gasteiger partial charge in [-0.05, 0) is 32.3 Å². The van der Waals surface area contributed by atoms with E-state index < -0.39 is 0 Å². The maximum Gasteiger partial charge on any atom is 0.0278 e. The third-order valence-corrected chi connectivity index (χ3v) is 3.89. The van der Waals surface area contributed by atoms with Crippen LogP contribution in [0, 0.1) is 0 Å². The zero-order chi connectivity index (χ0) is 13.6. The average Bonchev–Trinajstić information content (AvgIpc) is 2.39.